The predicted octanol–water partition coefficient (Wildman–Crippen LogP) is 1.37. The van der Waals surface area contributed by atoms with Crippen LogP contribution in [0.3, 0.4) is 0 Å². The number of rotatable bonds is 3. The number of piperidine rings is 1. The van der Waals surface area contributed by atoms with Gasteiger partial charge in [0.15, 0.2) is 0 Å². The zero-order valence-corrected chi connectivity index (χ0v) is 10.5. The number of carboxylic acids is 1. The third-order valence-corrected chi connectivity index (χ3v) is 3.60. The smallest absolute Gasteiger partial charge is 0.307 e. The number of aromatic nitrogens is 2. The number of halogens is 1. The van der Waals surface area contributed by atoms with Crippen molar-refractivity contribution in [1.82, 2.24) is 14.5 Å². The zero-order chi connectivity index (χ0) is 12.4. The van der Waals surface area contributed by atoms with Gasteiger partial charge in [-0.1, -0.05) is 11.6 Å². The fourth-order valence-corrected chi connectivity index (χ4v) is 2.32. The molecule has 5 nitrogen and oxygen atoms in total. The Morgan fingerprint density at radius 3 is 3.06 bits per heavy atom. The molecular formula is C11H16ClN3O2. The molecule has 0 aromatic carbocycles. The summed E-state index contributed by atoms with van der Waals surface area (Å²) in [5.74, 6) is -0.0758. The summed E-state index contributed by atoms with van der Waals surface area (Å²) in [6.45, 7) is 2.18. The zero-order valence-electron chi connectivity index (χ0n) is 9.77. The van der Waals surface area contributed by atoms with Gasteiger partial charge in [-0.2, -0.15) is 0 Å². The van der Waals surface area contributed by atoms with Gasteiger partial charge in [-0.05, 0) is 19.4 Å². The van der Waals surface area contributed by atoms with Crippen LogP contribution in [-0.2, 0) is 18.4 Å². The minimum Gasteiger partial charge on any atom is -0.481 e. The first kappa shape index (κ1) is 12.4. The summed E-state index contributed by atoms with van der Waals surface area (Å²) in [5, 5.41) is 9.62. The van der Waals surface area contributed by atoms with E-state index < -0.39 is 5.97 Å². The van der Waals surface area contributed by atoms with E-state index in [0.717, 1.165) is 25.2 Å². The highest BCUT2D eigenvalue weighted by Crippen LogP contribution is 2.19. The first-order chi connectivity index (χ1) is 8.08. The van der Waals surface area contributed by atoms with Crippen LogP contribution in [0.25, 0.3) is 0 Å². The number of carboxylic acid groups (broad SMARTS) is 1. The standard InChI is InChI=1S/C11H16ClN3O2/c1-14-9(12)5-13-10(14)7-15-4-2-3-8(6-15)11(16)17/h5,8H,2-4,6-7H2,1H3,(H,16,17). The summed E-state index contributed by atoms with van der Waals surface area (Å²) >= 11 is 5.91. The molecule has 1 aromatic heterocycles. The van der Waals surface area contributed by atoms with Crippen molar-refractivity contribution in [2.75, 3.05) is 13.1 Å². The van der Waals surface area contributed by atoms with Crippen molar-refractivity contribution >= 4 is 17.6 Å². The van der Waals surface area contributed by atoms with Gasteiger partial charge in [0.2, 0.25) is 0 Å². The average Bonchev–Trinajstić information content (AvgIpc) is 2.61. The van der Waals surface area contributed by atoms with Crippen LogP contribution in [0.2, 0.25) is 5.15 Å². The molecular weight excluding hydrogens is 242 g/mol. The molecule has 17 heavy (non-hydrogen) atoms. The molecule has 0 aliphatic carbocycles. The maximum Gasteiger partial charge on any atom is 0.307 e. The highest BCUT2D eigenvalue weighted by molar-refractivity contribution is 6.29. The summed E-state index contributed by atoms with van der Waals surface area (Å²) < 4.78 is 1.83. The van der Waals surface area contributed by atoms with Crippen molar-refractivity contribution in [3.63, 3.8) is 0 Å². The Balaban J connectivity index is 1.99. The molecule has 94 valence electrons. The van der Waals surface area contributed by atoms with Gasteiger partial charge >= 0.3 is 5.97 Å². The van der Waals surface area contributed by atoms with Gasteiger partial charge in [0.1, 0.15) is 11.0 Å². The number of nitrogens with zero attached hydrogens (tertiary/aromatic N) is 3. The average molecular weight is 258 g/mol. The highest BCUT2D eigenvalue weighted by atomic mass is 35.5. The summed E-state index contributed by atoms with van der Waals surface area (Å²) in [6.07, 6.45) is 3.32. The maximum atomic E-state index is 11.0. The minimum atomic E-state index is -0.701. The Bertz CT molecular complexity index is 419. The largest absolute Gasteiger partial charge is 0.481 e. The molecule has 1 unspecified atom stereocenters. The number of imidazole rings is 1. The molecule has 1 atom stereocenters. The molecule has 0 spiro atoms. The summed E-state index contributed by atoms with van der Waals surface area (Å²) in [4.78, 5) is 17.3. The van der Waals surface area contributed by atoms with Crippen LogP contribution in [0.4, 0.5) is 0 Å². The van der Waals surface area contributed by atoms with E-state index in [0.29, 0.717) is 18.2 Å². The molecule has 2 rings (SSSR count). The van der Waals surface area contributed by atoms with Gasteiger partial charge in [0.25, 0.3) is 0 Å². The lowest BCUT2D eigenvalue weighted by Gasteiger charge is -2.30. The normalized spacial score (nSPS) is 21.6. The van der Waals surface area contributed by atoms with Crippen LogP contribution in [-0.4, -0.2) is 38.6 Å². The van der Waals surface area contributed by atoms with Gasteiger partial charge in [-0.25, -0.2) is 4.98 Å². The molecule has 1 N–H and O–H groups in total. The Morgan fingerprint density at radius 1 is 1.71 bits per heavy atom. The highest BCUT2D eigenvalue weighted by Gasteiger charge is 2.25. The second-order valence-corrected chi connectivity index (χ2v) is 4.86. The fraction of sp³-hybridized carbons (Fsp3) is 0.636. The molecule has 0 amide bonds. The minimum absolute atomic E-state index is 0.250. The molecule has 6 heteroatoms. The number of hydrogen-bond donors (Lipinski definition) is 1. The van der Waals surface area contributed by atoms with Crippen LogP contribution < -0.4 is 0 Å². The van der Waals surface area contributed by atoms with E-state index in [1.807, 2.05) is 11.6 Å². The van der Waals surface area contributed by atoms with E-state index in [2.05, 4.69) is 9.88 Å². The molecule has 0 radical (unpaired) electrons. The molecule has 1 aliphatic rings. The SMILES string of the molecule is Cn1c(Cl)cnc1CN1CCCC(C(=O)O)C1. The lowest BCUT2D eigenvalue weighted by Crippen LogP contribution is -2.38. The Labute approximate surface area is 105 Å². The van der Waals surface area contributed by atoms with E-state index in [4.69, 9.17) is 16.7 Å². The van der Waals surface area contributed by atoms with E-state index in [1.54, 1.807) is 6.20 Å². The molecule has 1 saturated heterocycles. The van der Waals surface area contributed by atoms with Gasteiger partial charge in [0, 0.05) is 13.6 Å². The Hall–Kier alpha value is -1.07. The Morgan fingerprint density at radius 2 is 2.47 bits per heavy atom. The molecule has 1 aliphatic heterocycles. The van der Waals surface area contributed by atoms with Gasteiger partial charge in [-0.15, -0.1) is 0 Å². The van der Waals surface area contributed by atoms with Crippen LogP contribution in [0, 0.1) is 5.92 Å². The molecule has 0 bridgehead atoms. The summed E-state index contributed by atoms with van der Waals surface area (Å²) in [5.41, 5.74) is 0. The van der Waals surface area contributed by atoms with Crippen LogP contribution in [0.15, 0.2) is 6.20 Å². The van der Waals surface area contributed by atoms with Crippen LogP contribution >= 0.6 is 11.6 Å². The monoisotopic (exact) mass is 257 g/mol. The Kier molecular flexibility index (Phi) is 3.69. The first-order valence-electron chi connectivity index (χ1n) is 5.69. The van der Waals surface area contributed by atoms with Crippen LogP contribution in [0.1, 0.15) is 18.7 Å². The van der Waals surface area contributed by atoms with Gasteiger partial charge in [-0.3, -0.25) is 9.69 Å². The molecule has 2 heterocycles. The van der Waals surface area contributed by atoms with Crippen LogP contribution in [0.5, 0.6) is 0 Å². The van der Waals surface area contributed by atoms with Crippen molar-refractivity contribution in [1.29, 1.82) is 0 Å². The maximum absolute atomic E-state index is 11.0. The third-order valence-electron chi connectivity index (χ3n) is 3.25. The topological polar surface area (TPSA) is 58.4 Å². The first-order valence-corrected chi connectivity index (χ1v) is 6.07. The molecule has 0 saturated carbocycles. The second kappa shape index (κ2) is 5.06. The number of likely N-dealkylation sites (tertiary alicyclic amines) is 1. The quantitative estimate of drug-likeness (QED) is 0.889. The lowest BCUT2D eigenvalue weighted by atomic mass is 9.98. The summed E-state index contributed by atoms with van der Waals surface area (Å²) in [7, 11) is 1.86. The van der Waals surface area contributed by atoms with E-state index >= 15 is 0 Å². The van der Waals surface area contributed by atoms with E-state index in [-0.39, 0.29) is 5.92 Å². The fourth-order valence-electron chi connectivity index (χ4n) is 2.17. The third kappa shape index (κ3) is 2.79. The number of carbonyl (C=O) groups is 1. The van der Waals surface area contributed by atoms with Crippen molar-refractivity contribution in [3.8, 4) is 0 Å². The van der Waals surface area contributed by atoms with E-state index in [9.17, 15) is 4.79 Å². The lowest BCUT2D eigenvalue weighted by molar-refractivity contribution is -0.143. The van der Waals surface area contributed by atoms with E-state index in [1.165, 1.54) is 0 Å². The van der Waals surface area contributed by atoms with Gasteiger partial charge in [0.05, 0.1) is 18.7 Å². The second-order valence-electron chi connectivity index (χ2n) is 4.47. The van der Waals surface area contributed by atoms with Crippen molar-refractivity contribution in [3.05, 3.63) is 17.2 Å². The van der Waals surface area contributed by atoms with Crippen molar-refractivity contribution in [2.24, 2.45) is 13.0 Å². The van der Waals surface area contributed by atoms with Crippen molar-refractivity contribution in [2.45, 2.75) is 19.4 Å². The molecule has 1 fully saturated rings. The number of aliphatic carboxylic acids is 1. The summed E-state index contributed by atoms with van der Waals surface area (Å²) in [6, 6.07) is 0. The predicted molar refractivity (Wildman–Crippen MR) is 63.9 cm³/mol. The van der Waals surface area contributed by atoms with Crippen molar-refractivity contribution < 1.29 is 9.90 Å². The number of hydrogen-bond acceptors (Lipinski definition) is 3. The van der Waals surface area contributed by atoms with Gasteiger partial charge < -0.3 is 9.67 Å². The molecule has 1 aromatic rings.